The third kappa shape index (κ3) is 8.36. The number of halogens is 1. The quantitative estimate of drug-likeness (QED) is 0.171. The van der Waals surface area contributed by atoms with E-state index >= 15 is 0 Å². The normalized spacial score (nSPS) is 11.9. The Morgan fingerprint density at radius 2 is 1.54 bits per heavy atom. The highest BCUT2D eigenvalue weighted by atomic mass is 32.2. The first-order valence-corrected chi connectivity index (χ1v) is 13.6. The molecule has 0 heterocycles. The van der Waals surface area contributed by atoms with Crippen LogP contribution < -0.4 is 10.0 Å². The summed E-state index contributed by atoms with van der Waals surface area (Å²) in [4.78, 5) is 45.5. The van der Waals surface area contributed by atoms with Gasteiger partial charge in [-0.15, -0.1) is 0 Å². The molecule has 0 spiro atoms. The maximum atomic E-state index is 14.7. The second-order valence-corrected chi connectivity index (χ2v) is 10.3. The van der Waals surface area contributed by atoms with E-state index in [0.29, 0.717) is 5.56 Å². The van der Waals surface area contributed by atoms with E-state index in [1.165, 1.54) is 36.4 Å². The largest absolute Gasteiger partial charge is 0.466 e. The van der Waals surface area contributed by atoms with Gasteiger partial charge in [0.05, 0.1) is 21.3 Å². The molecule has 0 aliphatic rings. The van der Waals surface area contributed by atoms with Crippen molar-refractivity contribution in [2.45, 2.75) is 37.1 Å². The molecule has 13 nitrogen and oxygen atoms in total. The summed E-state index contributed by atoms with van der Waals surface area (Å²) in [5, 5.41) is 24.4. The summed E-state index contributed by atoms with van der Waals surface area (Å²) in [5.74, 6) is -2.16. The standard InChI is InChI=1S/C26H25FN4O9S/c1-2-40-25(32)15-14-21-22(27)4-3-5-23(21)28-26(33)24(16-17-6-8-18(9-7-17)30(34)35)29-41(38,39)20-12-10-19(11-13-20)31(36)37/h3-13,24,29H,2,14-16H2,1H3,(H,28,33)/t24-/m0/s1. The predicted molar refractivity (Wildman–Crippen MR) is 144 cm³/mol. The number of hydrogen-bond donors (Lipinski definition) is 2. The van der Waals surface area contributed by atoms with Gasteiger partial charge in [-0.05, 0) is 49.6 Å². The number of benzene rings is 3. The number of amides is 1. The zero-order chi connectivity index (χ0) is 30.2. The molecule has 3 aromatic rings. The maximum Gasteiger partial charge on any atom is 0.306 e. The molecule has 0 bridgehead atoms. The van der Waals surface area contributed by atoms with Crippen LogP contribution >= 0.6 is 0 Å². The molecule has 1 atom stereocenters. The van der Waals surface area contributed by atoms with Crippen LogP contribution in [0.25, 0.3) is 0 Å². The van der Waals surface area contributed by atoms with Gasteiger partial charge in [0.25, 0.3) is 11.4 Å². The molecular formula is C26H25FN4O9S. The highest BCUT2D eigenvalue weighted by Gasteiger charge is 2.28. The summed E-state index contributed by atoms with van der Waals surface area (Å²) in [6.07, 6.45) is -0.539. The summed E-state index contributed by atoms with van der Waals surface area (Å²) < 4.78 is 48.0. The van der Waals surface area contributed by atoms with Gasteiger partial charge in [-0.25, -0.2) is 12.8 Å². The van der Waals surface area contributed by atoms with Crippen molar-refractivity contribution >= 4 is 39.0 Å². The number of esters is 1. The third-order valence-electron chi connectivity index (χ3n) is 5.82. The summed E-state index contributed by atoms with van der Waals surface area (Å²) in [6.45, 7) is 1.76. The highest BCUT2D eigenvalue weighted by Crippen LogP contribution is 2.23. The van der Waals surface area contributed by atoms with E-state index in [1.807, 2.05) is 0 Å². The van der Waals surface area contributed by atoms with Crippen molar-refractivity contribution < 1.29 is 37.0 Å². The number of carbonyl (C=O) groups is 2. The lowest BCUT2D eigenvalue weighted by Gasteiger charge is -2.20. The van der Waals surface area contributed by atoms with Crippen LogP contribution in [0.15, 0.2) is 71.6 Å². The van der Waals surface area contributed by atoms with Crippen molar-refractivity contribution in [3.63, 3.8) is 0 Å². The Balaban J connectivity index is 1.91. The molecule has 0 aromatic heterocycles. The van der Waals surface area contributed by atoms with Gasteiger partial charge >= 0.3 is 5.97 Å². The van der Waals surface area contributed by atoms with Crippen LogP contribution in [0.3, 0.4) is 0 Å². The minimum absolute atomic E-state index is 0.00113. The van der Waals surface area contributed by atoms with Crippen LogP contribution in [-0.2, 0) is 37.2 Å². The number of nitrogens with zero attached hydrogens (tertiary/aromatic N) is 2. The lowest BCUT2D eigenvalue weighted by molar-refractivity contribution is -0.385. The van der Waals surface area contributed by atoms with Crippen molar-refractivity contribution in [1.82, 2.24) is 4.72 Å². The Morgan fingerprint density at radius 3 is 2.10 bits per heavy atom. The van der Waals surface area contributed by atoms with E-state index in [9.17, 15) is 42.6 Å². The van der Waals surface area contributed by atoms with Crippen LogP contribution in [-0.4, -0.2) is 42.8 Å². The van der Waals surface area contributed by atoms with Gasteiger partial charge in [0.2, 0.25) is 15.9 Å². The highest BCUT2D eigenvalue weighted by molar-refractivity contribution is 7.89. The smallest absolute Gasteiger partial charge is 0.306 e. The van der Waals surface area contributed by atoms with E-state index in [4.69, 9.17) is 4.74 Å². The van der Waals surface area contributed by atoms with Crippen molar-refractivity contribution in [2.24, 2.45) is 0 Å². The van der Waals surface area contributed by atoms with E-state index < -0.39 is 43.6 Å². The number of nitro groups is 2. The van der Waals surface area contributed by atoms with E-state index in [0.717, 1.165) is 30.3 Å². The van der Waals surface area contributed by atoms with Crippen LogP contribution in [0, 0.1) is 26.0 Å². The first-order chi connectivity index (χ1) is 19.4. The topological polar surface area (TPSA) is 188 Å². The molecule has 0 saturated heterocycles. The Bertz CT molecular complexity index is 1550. The number of ether oxygens (including phenoxy) is 1. The molecule has 0 saturated carbocycles. The minimum Gasteiger partial charge on any atom is -0.466 e. The zero-order valence-corrected chi connectivity index (χ0v) is 22.4. The Labute approximate surface area is 233 Å². The summed E-state index contributed by atoms with van der Waals surface area (Å²) in [5.41, 5.74) is -0.189. The van der Waals surface area contributed by atoms with Crippen molar-refractivity contribution in [2.75, 3.05) is 11.9 Å². The second kappa shape index (κ2) is 13.5. The van der Waals surface area contributed by atoms with Crippen molar-refractivity contribution in [3.8, 4) is 0 Å². The SMILES string of the molecule is CCOC(=O)CCc1c(F)cccc1NC(=O)[C@H](Cc1ccc([N+](=O)[O-])cc1)NS(=O)(=O)c1ccc([N+](=O)[O-])cc1. The van der Waals surface area contributed by atoms with Gasteiger partial charge in [0.15, 0.2) is 0 Å². The number of non-ortho nitro benzene ring substituents is 2. The van der Waals surface area contributed by atoms with Crippen LogP contribution in [0.4, 0.5) is 21.5 Å². The fourth-order valence-electron chi connectivity index (χ4n) is 3.79. The number of nitrogens with one attached hydrogen (secondary N) is 2. The predicted octanol–water partition coefficient (Wildman–Crippen LogP) is 3.67. The molecule has 0 radical (unpaired) electrons. The van der Waals surface area contributed by atoms with E-state index in [-0.39, 0.29) is 53.4 Å². The Kier molecular flexibility index (Phi) is 10.2. The van der Waals surface area contributed by atoms with Crippen molar-refractivity contribution in [1.29, 1.82) is 0 Å². The summed E-state index contributed by atoms with van der Waals surface area (Å²) in [7, 11) is -4.40. The van der Waals surface area contributed by atoms with Crippen molar-refractivity contribution in [3.05, 3.63) is 104 Å². The number of rotatable bonds is 13. The molecule has 216 valence electrons. The molecule has 0 fully saturated rings. The zero-order valence-electron chi connectivity index (χ0n) is 21.6. The Morgan fingerprint density at radius 1 is 0.951 bits per heavy atom. The molecule has 0 aliphatic heterocycles. The molecule has 3 rings (SSSR count). The minimum atomic E-state index is -4.40. The average Bonchev–Trinajstić information content (AvgIpc) is 2.92. The van der Waals surface area contributed by atoms with Crippen LogP contribution in [0.5, 0.6) is 0 Å². The van der Waals surface area contributed by atoms with Crippen LogP contribution in [0.2, 0.25) is 0 Å². The number of sulfonamides is 1. The molecule has 15 heteroatoms. The van der Waals surface area contributed by atoms with Gasteiger partial charge in [0, 0.05) is 41.9 Å². The van der Waals surface area contributed by atoms with Gasteiger partial charge in [-0.3, -0.25) is 29.8 Å². The molecule has 41 heavy (non-hydrogen) atoms. The number of carbonyl (C=O) groups excluding carboxylic acids is 2. The number of anilines is 1. The van der Waals surface area contributed by atoms with Gasteiger partial charge < -0.3 is 10.1 Å². The number of nitro benzene ring substituents is 2. The fourth-order valence-corrected chi connectivity index (χ4v) is 4.98. The molecular weight excluding hydrogens is 563 g/mol. The van der Waals surface area contributed by atoms with Gasteiger partial charge in [0.1, 0.15) is 11.9 Å². The summed E-state index contributed by atoms with van der Waals surface area (Å²) >= 11 is 0. The first-order valence-electron chi connectivity index (χ1n) is 12.1. The lowest BCUT2D eigenvalue weighted by atomic mass is 10.0. The molecule has 0 unspecified atom stereocenters. The average molecular weight is 589 g/mol. The lowest BCUT2D eigenvalue weighted by Crippen LogP contribution is -2.45. The number of hydrogen-bond acceptors (Lipinski definition) is 9. The molecule has 1 amide bonds. The third-order valence-corrected chi connectivity index (χ3v) is 7.31. The Hall–Kier alpha value is -4.76. The molecule has 3 aromatic carbocycles. The fraction of sp³-hybridized carbons (Fsp3) is 0.231. The van der Waals surface area contributed by atoms with E-state index in [1.54, 1.807) is 6.92 Å². The van der Waals surface area contributed by atoms with Crippen LogP contribution in [0.1, 0.15) is 24.5 Å². The maximum absolute atomic E-state index is 14.7. The first kappa shape index (κ1) is 30.8. The molecule has 2 N–H and O–H groups in total. The van der Waals surface area contributed by atoms with E-state index in [2.05, 4.69) is 10.0 Å². The van der Waals surface area contributed by atoms with Gasteiger partial charge in [-0.1, -0.05) is 18.2 Å². The second-order valence-electron chi connectivity index (χ2n) is 8.61. The van der Waals surface area contributed by atoms with Gasteiger partial charge in [-0.2, -0.15) is 4.72 Å². The summed E-state index contributed by atoms with van der Waals surface area (Å²) in [6, 6.07) is 11.4. The molecule has 0 aliphatic carbocycles. The monoisotopic (exact) mass is 588 g/mol.